The molecule has 0 aliphatic heterocycles. The summed E-state index contributed by atoms with van der Waals surface area (Å²) in [6.45, 7) is 13.9. The van der Waals surface area contributed by atoms with Crippen molar-refractivity contribution < 1.29 is 19.1 Å². The number of nitrogens with one attached hydrogen (secondary N) is 2. The van der Waals surface area contributed by atoms with E-state index in [-0.39, 0.29) is 23.8 Å². The van der Waals surface area contributed by atoms with Gasteiger partial charge in [-0.25, -0.2) is 4.79 Å². The van der Waals surface area contributed by atoms with Gasteiger partial charge >= 0.3 is 6.09 Å². The molecule has 0 heterocycles. The van der Waals surface area contributed by atoms with Gasteiger partial charge in [-0.05, 0) is 63.5 Å². The number of carbonyl (C=O) groups is 3. The Hall–Kier alpha value is -2.57. The Bertz CT molecular complexity index is 901. The number of amides is 3. The van der Waals surface area contributed by atoms with Crippen LogP contribution in [0.15, 0.2) is 24.3 Å². The number of ether oxygens (including phenoxy) is 1. The average molecular weight is 544 g/mol. The van der Waals surface area contributed by atoms with E-state index in [1.807, 2.05) is 38.1 Å². The molecule has 1 aromatic rings. The van der Waals surface area contributed by atoms with Crippen LogP contribution in [0.25, 0.3) is 0 Å². The second-order valence-corrected chi connectivity index (χ2v) is 12.3. The summed E-state index contributed by atoms with van der Waals surface area (Å²) < 4.78 is 5.48. The lowest BCUT2D eigenvalue weighted by Crippen LogP contribution is -2.55. The number of rotatable bonds is 13. The van der Waals surface area contributed by atoms with Gasteiger partial charge in [-0.2, -0.15) is 0 Å². The van der Waals surface area contributed by atoms with Crippen molar-refractivity contribution >= 4 is 17.9 Å². The van der Waals surface area contributed by atoms with Gasteiger partial charge in [-0.3, -0.25) is 9.59 Å². The highest BCUT2D eigenvalue weighted by molar-refractivity contribution is 5.92. The van der Waals surface area contributed by atoms with E-state index < -0.39 is 23.8 Å². The number of hydrogen-bond donors (Lipinski definition) is 2. The Labute approximate surface area is 236 Å². The zero-order valence-electron chi connectivity index (χ0n) is 25.5. The quantitative estimate of drug-likeness (QED) is 0.271. The predicted octanol–water partition coefficient (Wildman–Crippen LogP) is 6.70. The van der Waals surface area contributed by atoms with Crippen molar-refractivity contribution in [1.29, 1.82) is 0 Å². The van der Waals surface area contributed by atoms with Gasteiger partial charge in [0.1, 0.15) is 17.7 Å². The summed E-state index contributed by atoms with van der Waals surface area (Å²) in [6.07, 6.45) is 9.51. The normalized spacial score (nSPS) is 15.9. The van der Waals surface area contributed by atoms with E-state index in [2.05, 4.69) is 24.5 Å². The highest BCUT2D eigenvalue weighted by Gasteiger charge is 2.38. The summed E-state index contributed by atoms with van der Waals surface area (Å²) in [5.41, 5.74) is 1.29. The number of alkyl carbamates (subject to hydrolysis) is 1. The fourth-order valence-corrected chi connectivity index (χ4v) is 5.14. The van der Waals surface area contributed by atoms with E-state index in [4.69, 9.17) is 4.74 Å². The van der Waals surface area contributed by atoms with E-state index in [1.165, 1.54) is 12.0 Å². The van der Waals surface area contributed by atoms with Crippen LogP contribution in [0.2, 0.25) is 0 Å². The maximum Gasteiger partial charge on any atom is 0.408 e. The molecular weight excluding hydrogens is 490 g/mol. The summed E-state index contributed by atoms with van der Waals surface area (Å²) in [5, 5.41) is 6.09. The first-order valence-corrected chi connectivity index (χ1v) is 15.2. The minimum Gasteiger partial charge on any atom is -0.444 e. The zero-order chi connectivity index (χ0) is 29.0. The number of carbonyl (C=O) groups excluding carboxylic acids is 3. The lowest BCUT2D eigenvalue weighted by Gasteiger charge is -2.36. The van der Waals surface area contributed by atoms with Crippen molar-refractivity contribution in [1.82, 2.24) is 15.5 Å². The Morgan fingerprint density at radius 3 is 2.15 bits per heavy atom. The van der Waals surface area contributed by atoms with Crippen molar-refractivity contribution in [3.05, 3.63) is 35.4 Å². The third-order valence-corrected chi connectivity index (χ3v) is 7.36. The molecule has 1 aliphatic carbocycles. The fraction of sp³-hybridized carbons (Fsp3) is 0.719. The van der Waals surface area contributed by atoms with E-state index in [1.54, 1.807) is 25.7 Å². The molecule has 2 rings (SSSR count). The summed E-state index contributed by atoms with van der Waals surface area (Å²) in [7, 11) is 0. The minimum absolute atomic E-state index is 0.126. The lowest BCUT2D eigenvalue weighted by atomic mass is 9.94. The standard InChI is InChI=1S/C32H53N3O4/c1-8-10-11-15-22-35(30(37)27(23(3)4)34-31(38)39-32(5,6)7)28(25-20-18-24(9-2)19-21-25)29(36)33-26-16-13-12-14-17-26/h18-21,23,26-28H,8-17,22H2,1-7H3,(H,33,36)(H,34,38). The molecule has 1 fully saturated rings. The van der Waals surface area contributed by atoms with Gasteiger partial charge in [0.05, 0.1) is 0 Å². The molecule has 1 saturated carbocycles. The Morgan fingerprint density at radius 2 is 1.62 bits per heavy atom. The smallest absolute Gasteiger partial charge is 0.408 e. The molecule has 3 amide bonds. The van der Waals surface area contributed by atoms with Gasteiger partial charge in [0.15, 0.2) is 0 Å². The van der Waals surface area contributed by atoms with Crippen LogP contribution in [0, 0.1) is 5.92 Å². The van der Waals surface area contributed by atoms with E-state index in [0.717, 1.165) is 63.4 Å². The Balaban J connectivity index is 2.45. The molecule has 2 N–H and O–H groups in total. The number of benzene rings is 1. The topological polar surface area (TPSA) is 87.7 Å². The van der Waals surface area contributed by atoms with Crippen LogP contribution in [-0.2, 0) is 20.7 Å². The highest BCUT2D eigenvalue weighted by Crippen LogP contribution is 2.27. The van der Waals surface area contributed by atoms with Crippen LogP contribution in [0.5, 0.6) is 0 Å². The molecule has 1 aromatic carbocycles. The second kappa shape index (κ2) is 15.9. The maximum atomic E-state index is 14.3. The minimum atomic E-state index is -0.814. The largest absolute Gasteiger partial charge is 0.444 e. The molecule has 7 nitrogen and oxygen atoms in total. The molecule has 2 atom stereocenters. The van der Waals surface area contributed by atoms with Crippen LogP contribution in [-0.4, -0.2) is 47.0 Å². The molecule has 1 aliphatic rings. The van der Waals surface area contributed by atoms with Gasteiger partial charge in [0, 0.05) is 12.6 Å². The van der Waals surface area contributed by atoms with Crippen molar-refractivity contribution in [2.24, 2.45) is 5.92 Å². The fourth-order valence-electron chi connectivity index (χ4n) is 5.14. The van der Waals surface area contributed by atoms with Gasteiger partial charge in [0.25, 0.3) is 0 Å². The predicted molar refractivity (Wildman–Crippen MR) is 157 cm³/mol. The second-order valence-electron chi connectivity index (χ2n) is 12.3. The molecule has 0 aromatic heterocycles. The number of nitrogens with zero attached hydrogens (tertiary/aromatic N) is 1. The molecule has 39 heavy (non-hydrogen) atoms. The van der Waals surface area contributed by atoms with Crippen molar-refractivity contribution in [2.75, 3.05) is 6.54 Å². The summed E-state index contributed by atoms with van der Waals surface area (Å²) in [6, 6.07) is 6.56. The molecule has 0 saturated heterocycles. The SMILES string of the molecule is CCCCCCN(C(=O)C(NC(=O)OC(C)(C)C)C(C)C)C(C(=O)NC1CCCCC1)c1ccc(CC)cc1. The third-order valence-electron chi connectivity index (χ3n) is 7.36. The van der Waals surface area contributed by atoms with Crippen LogP contribution in [0.4, 0.5) is 4.79 Å². The van der Waals surface area contributed by atoms with Crippen molar-refractivity contribution in [3.63, 3.8) is 0 Å². The monoisotopic (exact) mass is 543 g/mol. The van der Waals surface area contributed by atoms with Crippen LogP contribution >= 0.6 is 0 Å². The van der Waals surface area contributed by atoms with Gasteiger partial charge in [-0.1, -0.05) is 90.5 Å². The molecule has 2 unspecified atom stereocenters. The highest BCUT2D eigenvalue weighted by atomic mass is 16.6. The molecular formula is C32H53N3O4. The maximum absolute atomic E-state index is 14.3. The van der Waals surface area contributed by atoms with Gasteiger partial charge in [-0.15, -0.1) is 0 Å². The number of unbranched alkanes of at least 4 members (excludes halogenated alkanes) is 3. The van der Waals surface area contributed by atoms with Crippen LogP contribution in [0.3, 0.4) is 0 Å². The Kier molecular flexibility index (Phi) is 13.3. The van der Waals surface area contributed by atoms with Crippen LogP contribution < -0.4 is 10.6 Å². The molecule has 0 bridgehead atoms. The third kappa shape index (κ3) is 10.8. The average Bonchev–Trinajstić information content (AvgIpc) is 2.88. The first kappa shape index (κ1) is 32.6. The van der Waals surface area contributed by atoms with Crippen LogP contribution in [0.1, 0.15) is 123 Å². The first-order chi connectivity index (χ1) is 18.5. The molecule has 7 heteroatoms. The van der Waals surface area contributed by atoms with Crippen molar-refractivity contribution in [2.45, 2.75) is 136 Å². The summed E-state index contributed by atoms with van der Waals surface area (Å²) in [4.78, 5) is 42.7. The molecule has 220 valence electrons. The first-order valence-electron chi connectivity index (χ1n) is 15.2. The van der Waals surface area contributed by atoms with Gasteiger partial charge < -0.3 is 20.3 Å². The summed E-state index contributed by atoms with van der Waals surface area (Å²) >= 11 is 0. The van der Waals surface area contributed by atoms with E-state index in [9.17, 15) is 14.4 Å². The van der Waals surface area contributed by atoms with Crippen molar-refractivity contribution in [3.8, 4) is 0 Å². The summed E-state index contributed by atoms with van der Waals surface area (Å²) in [5.74, 6) is -0.585. The molecule has 0 spiro atoms. The zero-order valence-corrected chi connectivity index (χ0v) is 25.5. The van der Waals surface area contributed by atoms with Gasteiger partial charge in [0.2, 0.25) is 11.8 Å². The number of aryl methyl sites for hydroxylation is 1. The Morgan fingerprint density at radius 1 is 0.974 bits per heavy atom. The number of hydrogen-bond acceptors (Lipinski definition) is 4. The molecule has 0 radical (unpaired) electrons. The van der Waals surface area contributed by atoms with E-state index in [0.29, 0.717) is 6.54 Å². The van der Waals surface area contributed by atoms with E-state index >= 15 is 0 Å². The lowest BCUT2D eigenvalue weighted by molar-refractivity contribution is -0.143.